The summed E-state index contributed by atoms with van der Waals surface area (Å²) in [6.07, 6.45) is 5.84. The Bertz CT molecular complexity index is 258. The maximum absolute atomic E-state index is 12.0. The lowest BCUT2D eigenvalue weighted by Crippen LogP contribution is -2.47. The van der Waals surface area contributed by atoms with Gasteiger partial charge in [-0.15, -0.1) is 0 Å². The Morgan fingerprint density at radius 2 is 2.12 bits per heavy atom. The molecule has 17 heavy (non-hydrogen) atoms. The molecule has 1 aliphatic heterocycles. The average Bonchev–Trinajstić information content (AvgIpc) is 3.10. The standard InChI is InChI=1S/C13H24N2O2/c1-10(2)17-13(16)15(12-6-7-12)9-11-5-3-4-8-14-11/h10-12,14H,3-9H2,1-2H3. The van der Waals surface area contributed by atoms with Gasteiger partial charge in [0.1, 0.15) is 0 Å². The third kappa shape index (κ3) is 3.87. The van der Waals surface area contributed by atoms with Crippen LogP contribution in [0.4, 0.5) is 4.79 Å². The van der Waals surface area contributed by atoms with E-state index in [0.29, 0.717) is 12.1 Å². The van der Waals surface area contributed by atoms with Gasteiger partial charge in [0.15, 0.2) is 0 Å². The maximum Gasteiger partial charge on any atom is 0.410 e. The zero-order valence-electron chi connectivity index (χ0n) is 10.9. The van der Waals surface area contributed by atoms with Crippen LogP contribution in [0.3, 0.4) is 0 Å². The number of nitrogens with one attached hydrogen (secondary N) is 1. The highest BCUT2D eigenvalue weighted by Crippen LogP contribution is 2.28. The predicted molar refractivity (Wildman–Crippen MR) is 67.0 cm³/mol. The number of hydrogen-bond donors (Lipinski definition) is 1. The second-order valence-electron chi connectivity index (χ2n) is 5.46. The van der Waals surface area contributed by atoms with Crippen molar-refractivity contribution in [2.24, 2.45) is 0 Å². The van der Waals surface area contributed by atoms with Crippen LogP contribution in [0.5, 0.6) is 0 Å². The Morgan fingerprint density at radius 1 is 1.35 bits per heavy atom. The number of carbonyl (C=O) groups is 1. The van der Waals surface area contributed by atoms with Gasteiger partial charge in [0, 0.05) is 18.6 Å². The van der Waals surface area contributed by atoms with Gasteiger partial charge in [-0.3, -0.25) is 0 Å². The Labute approximate surface area is 104 Å². The van der Waals surface area contributed by atoms with Gasteiger partial charge < -0.3 is 15.0 Å². The van der Waals surface area contributed by atoms with E-state index < -0.39 is 0 Å². The first-order valence-electron chi connectivity index (χ1n) is 6.87. The SMILES string of the molecule is CC(C)OC(=O)N(CC1CCCCN1)C1CC1. The maximum atomic E-state index is 12.0. The highest BCUT2D eigenvalue weighted by Gasteiger charge is 2.35. The molecule has 0 spiro atoms. The van der Waals surface area contributed by atoms with Crippen LogP contribution in [0.2, 0.25) is 0 Å². The van der Waals surface area contributed by atoms with Gasteiger partial charge in [0.2, 0.25) is 0 Å². The first kappa shape index (κ1) is 12.7. The monoisotopic (exact) mass is 240 g/mol. The van der Waals surface area contributed by atoms with E-state index in [4.69, 9.17) is 4.74 Å². The number of carbonyl (C=O) groups excluding carboxylic acids is 1. The zero-order chi connectivity index (χ0) is 12.3. The summed E-state index contributed by atoms with van der Waals surface area (Å²) in [6, 6.07) is 0.897. The minimum absolute atomic E-state index is 0.0249. The highest BCUT2D eigenvalue weighted by molar-refractivity contribution is 5.68. The van der Waals surface area contributed by atoms with Gasteiger partial charge in [-0.1, -0.05) is 6.42 Å². The van der Waals surface area contributed by atoms with Crippen LogP contribution < -0.4 is 5.32 Å². The van der Waals surface area contributed by atoms with Crippen molar-refractivity contribution in [1.82, 2.24) is 10.2 Å². The molecule has 4 heteroatoms. The van der Waals surface area contributed by atoms with Crippen molar-refractivity contribution in [2.45, 2.75) is 64.1 Å². The number of nitrogens with zero attached hydrogens (tertiary/aromatic N) is 1. The van der Waals surface area contributed by atoms with Crippen LogP contribution in [0.1, 0.15) is 46.0 Å². The molecule has 1 saturated heterocycles. The molecule has 1 unspecified atom stereocenters. The highest BCUT2D eigenvalue weighted by atomic mass is 16.6. The molecule has 1 amide bonds. The van der Waals surface area contributed by atoms with Crippen molar-refractivity contribution in [2.75, 3.05) is 13.1 Å². The fourth-order valence-corrected chi connectivity index (χ4v) is 2.35. The molecule has 98 valence electrons. The molecule has 0 aromatic heterocycles. The lowest BCUT2D eigenvalue weighted by molar-refractivity contribution is 0.0700. The Kier molecular flexibility index (Phi) is 4.26. The van der Waals surface area contributed by atoms with E-state index in [1.54, 1.807) is 0 Å². The van der Waals surface area contributed by atoms with Crippen molar-refractivity contribution in [3.05, 3.63) is 0 Å². The molecule has 0 aromatic rings. The number of rotatable bonds is 4. The number of ether oxygens (including phenoxy) is 1. The van der Waals surface area contributed by atoms with Gasteiger partial charge in [-0.25, -0.2) is 4.79 Å². The second-order valence-corrected chi connectivity index (χ2v) is 5.46. The minimum atomic E-state index is -0.130. The zero-order valence-corrected chi connectivity index (χ0v) is 10.9. The summed E-state index contributed by atoms with van der Waals surface area (Å²) >= 11 is 0. The summed E-state index contributed by atoms with van der Waals surface area (Å²) < 4.78 is 5.31. The van der Waals surface area contributed by atoms with E-state index in [1.165, 1.54) is 19.3 Å². The minimum Gasteiger partial charge on any atom is -0.447 e. The summed E-state index contributed by atoms with van der Waals surface area (Å²) in [7, 11) is 0. The molecule has 1 N–H and O–H groups in total. The third-order valence-corrected chi connectivity index (χ3v) is 3.39. The average molecular weight is 240 g/mol. The molecule has 1 atom stereocenters. The first-order chi connectivity index (χ1) is 8.16. The number of amides is 1. The quantitative estimate of drug-likeness (QED) is 0.818. The van der Waals surface area contributed by atoms with E-state index in [2.05, 4.69) is 5.32 Å². The Balaban J connectivity index is 1.85. The van der Waals surface area contributed by atoms with Crippen LogP contribution >= 0.6 is 0 Å². The van der Waals surface area contributed by atoms with E-state index in [0.717, 1.165) is 25.9 Å². The fourth-order valence-electron chi connectivity index (χ4n) is 2.35. The molecule has 2 rings (SSSR count). The number of piperidine rings is 1. The summed E-state index contributed by atoms with van der Waals surface area (Å²) in [5.41, 5.74) is 0. The molecule has 1 aliphatic carbocycles. The van der Waals surface area contributed by atoms with Crippen LogP contribution in [0, 0.1) is 0 Å². The van der Waals surface area contributed by atoms with Crippen LogP contribution in [-0.4, -0.2) is 42.3 Å². The molecule has 1 heterocycles. The largest absolute Gasteiger partial charge is 0.447 e. The summed E-state index contributed by atoms with van der Waals surface area (Å²) in [5, 5.41) is 3.49. The molecule has 0 aromatic carbocycles. The predicted octanol–water partition coefficient (Wildman–Crippen LogP) is 2.14. The normalized spacial score (nSPS) is 24.8. The Morgan fingerprint density at radius 3 is 2.65 bits per heavy atom. The van der Waals surface area contributed by atoms with Gasteiger partial charge in [-0.2, -0.15) is 0 Å². The van der Waals surface area contributed by atoms with Crippen molar-refractivity contribution in [3.63, 3.8) is 0 Å². The summed E-state index contributed by atoms with van der Waals surface area (Å²) in [5.74, 6) is 0. The van der Waals surface area contributed by atoms with Crippen LogP contribution in [-0.2, 0) is 4.74 Å². The van der Waals surface area contributed by atoms with Crippen LogP contribution in [0.25, 0.3) is 0 Å². The molecular formula is C13H24N2O2. The van der Waals surface area contributed by atoms with Crippen LogP contribution in [0.15, 0.2) is 0 Å². The molecule has 2 fully saturated rings. The molecule has 1 saturated carbocycles. The molecule has 2 aliphatic rings. The lowest BCUT2D eigenvalue weighted by atomic mass is 10.0. The van der Waals surface area contributed by atoms with Crippen molar-refractivity contribution in [3.8, 4) is 0 Å². The molecular weight excluding hydrogens is 216 g/mol. The van der Waals surface area contributed by atoms with Crippen molar-refractivity contribution in [1.29, 1.82) is 0 Å². The van der Waals surface area contributed by atoms with E-state index >= 15 is 0 Å². The molecule has 0 radical (unpaired) electrons. The van der Waals surface area contributed by atoms with Gasteiger partial charge in [0.25, 0.3) is 0 Å². The second kappa shape index (κ2) is 5.71. The topological polar surface area (TPSA) is 41.6 Å². The third-order valence-electron chi connectivity index (χ3n) is 3.39. The summed E-state index contributed by atoms with van der Waals surface area (Å²) in [4.78, 5) is 13.9. The first-order valence-corrected chi connectivity index (χ1v) is 6.87. The van der Waals surface area contributed by atoms with Gasteiger partial charge in [0.05, 0.1) is 6.10 Å². The van der Waals surface area contributed by atoms with E-state index in [1.807, 2.05) is 18.7 Å². The smallest absolute Gasteiger partial charge is 0.410 e. The van der Waals surface area contributed by atoms with E-state index in [-0.39, 0.29) is 12.2 Å². The number of hydrogen-bond acceptors (Lipinski definition) is 3. The molecule has 0 bridgehead atoms. The van der Waals surface area contributed by atoms with Gasteiger partial charge >= 0.3 is 6.09 Å². The fraction of sp³-hybridized carbons (Fsp3) is 0.923. The van der Waals surface area contributed by atoms with Crippen molar-refractivity contribution >= 4 is 6.09 Å². The molecule has 4 nitrogen and oxygen atoms in total. The summed E-state index contributed by atoms with van der Waals surface area (Å²) in [6.45, 7) is 5.71. The van der Waals surface area contributed by atoms with Crippen molar-refractivity contribution < 1.29 is 9.53 Å². The van der Waals surface area contributed by atoms with Gasteiger partial charge in [-0.05, 0) is 46.1 Å². The lowest BCUT2D eigenvalue weighted by Gasteiger charge is -2.30. The van der Waals surface area contributed by atoms with E-state index in [9.17, 15) is 4.79 Å². The Hall–Kier alpha value is -0.770.